The Hall–Kier alpha value is -3.52. The average molecular weight is 603 g/mol. The number of nitrogens with zero attached hydrogens (tertiary/aromatic N) is 6. The van der Waals surface area contributed by atoms with Crippen LogP contribution in [0.4, 0.5) is 19.0 Å². The van der Waals surface area contributed by atoms with Crippen molar-refractivity contribution < 1.29 is 22.4 Å². The third-order valence-electron chi connectivity index (χ3n) is 7.61. The normalized spacial score (nSPS) is 20.9. The lowest BCUT2D eigenvalue weighted by atomic mass is 10.0. The Labute approximate surface area is 245 Å². The van der Waals surface area contributed by atoms with Crippen LogP contribution in [0.3, 0.4) is 0 Å². The lowest BCUT2D eigenvalue weighted by molar-refractivity contribution is 0.0945. The van der Waals surface area contributed by atoms with Crippen LogP contribution in [0.5, 0.6) is 0 Å². The number of carbonyl (C=O) groups excluding carboxylic acids is 1. The Bertz CT molecular complexity index is 1620. The van der Waals surface area contributed by atoms with Gasteiger partial charge in [0, 0.05) is 31.9 Å². The first-order valence-electron chi connectivity index (χ1n) is 13.9. The van der Waals surface area contributed by atoms with E-state index in [4.69, 9.17) is 4.42 Å². The van der Waals surface area contributed by atoms with Gasteiger partial charge in [0.1, 0.15) is 12.0 Å². The van der Waals surface area contributed by atoms with Gasteiger partial charge in [-0.05, 0) is 64.1 Å². The number of carbonyl (C=O) groups is 1. The van der Waals surface area contributed by atoms with E-state index in [1.54, 1.807) is 21.5 Å². The molecule has 2 N–H and O–H groups in total. The number of piperidine rings is 1. The monoisotopic (exact) mass is 602 g/mol. The fraction of sp³-hybridized carbons (Fsp3) is 0.500. The molecule has 2 aliphatic heterocycles. The van der Waals surface area contributed by atoms with E-state index in [9.17, 15) is 18.0 Å². The molecule has 2 aliphatic rings. The molecule has 224 valence electrons. The van der Waals surface area contributed by atoms with Gasteiger partial charge in [0.2, 0.25) is 5.89 Å². The molecule has 1 unspecified atom stereocenters. The van der Waals surface area contributed by atoms with Gasteiger partial charge >= 0.3 is 0 Å². The summed E-state index contributed by atoms with van der Waals surface area (Å²) in [6.45, 7) is 6.96. The molecule has 0 aromatic carbocycles. The minimum absolute atomic E-state index is 0.0510. The number of amides is 1. The molecule has 4 aromatic heterocycles. The number of hydrogen-bond donors (Lipinski definition) is 2. The van der Waals surface area contributed by atoms with E-state index in [-0.39, 0.29) is 42.6 Å². The van der Waals surface area contributed by atoms with E-state index < -0.39 is 17.5 Å². The average Bonchev–Trinajstić information content (AvgIpc) is 3.65. The van der Waals surface area contributed by atoms with Crippen molar-refractivity contribution in [1.29, 1.82) is 0 Å². The van der Waals surface area contributed by atoms with Crippen molar-refractivity contribution in [3.8, 4) is 11.5 Å². The molecule has 1 saturated heterocycles. The van der Waals surface area contributed by atoms with Crippen molar-refractivity contribution in [3.63, 3.8) is 0 Å². The largest absolute Gasteiger partial charge is 0.419 e. The van der Waals surface area contributed by atoms with Crippen molar-refractivity contribution in [2.24, 2.45) is 0 Å². The SMILES string of the molecule is CN1CC[C@@H](Nc2ccc3c4c(c(-c5nnc(CNC(=O)c6cnn(C(C)(C)C)c6)o5)cn24)SC(F)(F)CC3)C(F)C1. The molecule has 0 bridgehead atoms. The molecule has 14 heteroatoms. The molecule has 10 nitrogen and oxygen atoms in total. The summed E-state index contributed by atoms with van der Waals surface area (Å²) < 4.78 is 54.0. The molecule has 42 heavy (non-hydrogen) atoms. The number of anilines is 1. The molecule has 0 radical (unpaired) electrons. The van der Waals surface area contributed by atoms with Crippen LogP contribution >= 0.6 is 11.8 Å². The number of nitrogens with one attached hydrogen (secondary N) is 2. The summed E-state index contributed by atoms with van der Waals surface area (Å²) >= 11 is 0.471. The van der Waals surface area contributed by atoms with Gasteiger partial charge in [-0.3, -0.25) is 9.48 Å². The van der Waals surface area contributed by atoms with Crippen LogP contribution < -0.4 is 10.6 Å². The first-order chi connectivity index (χ1) is 19.9. The number of aromatic nitrogens is 5. The van der Waals surface area contributed by atoms with E-state index >= 15 is 0 Å². The van der Waals surface area contributed by atoms with Crippen LogP contribution in [0, 0.1) is 0 Å². The third kappa shape index (κ3) is 5.61. The zero-order valence-corrected chi connectivity index (χ0v) is 24.6. The molecule has 0 saturated carbocycles. The first kappa shape index (κ1) is 28.6. The lowest BCUT2D eigenvalue weighted by Crippen LogP contribution is -2.46. The summed E-state index contributed by atoms with van der Waals surface area (Å²) in [6.07, 6.45) is 4.24. The third-order valence-corrected chi connectivity index (χ3v) is 8.73. The molecular formula is C28H33F3N8O2S. The van der Waals surface area contributed by atoms with Gasteiger partial charge in [-0.25, -0.2) is 4.39 Å². The second-order valence-electron chi connectivity index (χ2n) is 11.9. The molecule has 1 amide bonds. The molecule has 0 aliphatic carbocycles. The van der Waals surface area contributed by atoms with Gasteiger partial charge < -0.3 is 24.4 Å². The number of halogens is 3. The molecule has 6 rings (SSSR count). The highest BCUT2D eigenvalue weighted by molar-refractivity contribution is 8.00. The second-order valence-corrected chi connectivity index (χ2v) is 13.1. The minimum atomic E-state index is -3.00. The topological polar surface area (TPSA) is 106 Å². The summed E-state index contributed by atoms with van der Waals surface area (Å²) in [5, 5.41) is 15.5. The van der Waals surface area contributed by atoms with E-state index in [1.165, 1.54) is 6.20 Å². The Kier molecular flexibility index (Phi) is 7.24. The summed E-state index contributed by atoms with van der Waals surface area (Å²) in [7, 11) is 1.89. The van der Waals surface area contributed by atoms with Crippen molar-refractivity contribution in [2.45, 2.75) is 74.5 Å². The van der Waals surface area contributed by atoms with Gasteiger partial charge in [0.25, 0.3) is 17.1 Å². The standard InChI is InChI=1S/C28H33F3N8O2S/c1-27(2,3)39-13-17(11-33-39)25(40)32-12-22-35-36-26(41-22)18-14-38-21(34-20-8-10-37(4)15-19(20)29)6-5-16-7-9-28(30,31)42-24(18)23(16)38/h5-6,11,13-14,19-20,34H,7-10,12,15H2,1-4H3,(H,32,40)/t19?,20-/m1/s1. The summed E-state index contributed by atoms with van der Waals surface area (Å²) in [6, 6.07) is 3.23. The number of pyridine rings is 1. The number of rotatable bonds is 6. The van der Waals surface area contributed by atoms with Crippen LogP contribution in [-0.4, -0.2) is 72.8 Å². The van der Waals surface area contributed by atoms with E-state index in [1.807, 2.05) is 44.9 Å². The van der Waals surface area contributed by atoms with Crippen molar-refractivity contribution >= 4 is 29.0 Å². The highest BCUT2D eigenvalue weighted by Crippen LogP contribution is 2.50. The minimum Gasteiger partial charge on any atom is -0.419 e. The van der Waals surface area contributed by atoms with E-state index in [0.29, 0.717) is 52.1 Å². The predicted octanol–water partition coefficient (Wildman–Crippen LogP) is 4.96. The van der Waals surface area contributed by atoms with Gasteiger partial charge in [-0.1, -0.05) is 6.07 Å². The maximum atomic E-state index is 14.9. The van der Waals surface area contributed by atoms with Crippen LogP contribution in [0.2, 0.25) is 0 Å². The van der Waals surface area contributed by atoms with Crippen LogP contribution in [0.25, 0.3) is 17.0 Å². The van der Waals surface area contributed by atoms with E-state index in [2.05, 4.69) is 25.9 Å². The lowest BCUT2D eigenvalue weighted by Gasteiger charge is -2.33. The van der Waals surface area contributed by atoms with Crippen molar-refractivity contribution in [2.75, 3.05) is 25.5 Å². The molecular weight excluding hydrogens is 569 g/mol. The highest BCUT2D eigenvalue weighted by Gasteiger charge is 2.38. The van der Waals surface area contributed by atoms with Gasteiger partial charge in [0.15, 0.2) is 0 Å². The Morgan fingerprint density at radius 2 is 2.05 bits per heavy atom. The number of thioether (sulfide) groups is 1. The first-order valence-corrected chi connectivity index (χ1v) is 14.7. The predicted molar refractivity (Wildman–Crippen MR) is 153 cm³/mol. The van der Waals surface area contributed by atoms with Crippen LogP contribution in [-0.2, 0) is 18.5 Å². The fourth-order valence-electron chi connectivity index (χ4n) is 5.28. The Morgan fingerprint density at radius 1 is 1.24 bits per heavy atom. The molecule has 4 aromatic rings. The maximum absolute atomic E-state index is 14.9. The highest BCUT2D eigenvalue weighted by atomic mass is 32.2. The zero-order chi connectivity index (χ0) is 29.8. The summed E-state index contributed by atoms with van der Waals surface area (Å²) in [5.74, 6) is 0.428. The fourth-order valence-corrected chi connectivity index (χ4v) is 6.36. The molecule has 6 heterocycles. The van der Waals surface area contributed by atoms with Crippen molar-refractivity contribution in [1.82, 2.24) is 34.6 Å². The molecule has 1 fully saturated rings. The number of likely N-dealkylation sites (tertiary alicyclic amines) is 1. The van der Waals surface area contributed by atoms with Gasteiger partial charge in [0.05, 0.1) is 45.9 Å². The number of aryl methyl sites for hydroxylation is 1. The van der Waals surface area contributed by atoms with E-state index in [0.717, 1.165) is 12.1 Å². The van der Waals surface area contributed by atoms with Gasteiger partial charge in [-0.15, -0.1) is 10.2 Å². The molecule has 2 atom stereocenters. The maximum Gasteiger partial charge on any atom is 0.298 e. The van der Waals surface area contributed by atoms with Gasteiger partial charge in [-0.2, -0.15) is 13.9 Å². The molecule has 0 spiro atoms. The second kappa shape index (κ2) is 10.6. The van der Waals surface area contributed by atoms with Crippen molar-refractivity contribution in [3.05, 3.63) is 47.7 Å². The smallest absolute Gasteiger partial charge is 0.298 e. The Balaban J connectivity index is 1.28. The van der Waals surface area contributed by atoms with Crippen LogP contribution in [0.15, 0.2) is 40.0 Å². The Morgan fingerprint density at radius 3 is 2.79 bits per heavy atom. The quantitative estimate of drug-likeness (QED) is 0.319. The summed E-state index contributed by atoms with van der Waals surface area (Å²) in [5.41, 5.74) is 1.84. The number of alkyl halides is 3. The zero-order valence-electron chi connectivity index (χ0n) is 23.8. The number of hydrogen-bond acceptors (Lipinski definition) is 8. The summed E-state index contributed by atoms with van der Waals surface area (Å²) in [4.78, 5) is 14.9. The van der Waals surface area contributed by atoms with Crippen LogP contribution in [0.1, 0.15) is 55.4 Å².